The van der Waals surface area contributed by atoms with Crippen LogP contribution < -0.4 is 0 Å². The zero-order chi connectivity index (χ0) is 14.7. The number of rotatable bonds is 4. The lowest BCUT2D eigenvalue weighted by Crippen LogP contribution is -2.34. The minimum atomic E-state index is -0.210. The van der Waals surface area contributed by atoms with Gasteiger partial charge in [-0.05, 0) is 36.2 Å². The highest BCUT2D eigenvalue weighted by molar-refractivity contribution is 5.24. The first-order chi connectivity index (χ1) is 10.3. The van der Waals surface area contributed by atoms with Gasteiger partial charge in [-0.2, -0.15) is 0 Å². The van der Waals surface area contributed by atoms with Crippen LogP contribution in [-0.4, -0.2) is 29.2 Å². The Morgan fingerprint density at radius 1 is 1.05 bits per heavy atom. The topological polar surface area (TPSA) is 23.5 Å². The van der Waals surface area contributed by atoms with Crippen LogP contribution in [-0.2, 0) is 6.54 Å². The quantitative estimate of drug-likeness (QED) is 0.932. The van der Waals surface area contributed by atoms with Crippen LogP contribution in [0.1, 0.15) is 23.5 Å². The lowest BCUT2D eigenvalue weighted by molar-refractivity contribution is 0.145. The van der Waals surface area contributed by atoms with Crippen molar-refractivity contribution in [3.63, 3.8) is 0 Å². The lowest BCUT2D eigenvalue weighted by atomic mass is 9.92. The maximum Gasteiger partial charge on any atom is 0.123 e. The van der Waals surface area contributed by atoms with Gasteiger partial charge in [0.25, 0.3) is 0 Å². The van der Waals surface area contributed by atoms with E-state index < -0.39 is 0 Å². The van der Waals surface area contributed by atoms with E-state index in [-0.39, 0.29) is 24.4 Å². The number of aliphatic hydroxyl groups is 1. The molecule has 21 heavy (non-hydrogen) atoms. The number of likely N-dealkylation sites (tertiary alicyclic amines) is 1. The summed E-state index contributed by atoms with van der Waals surface area (Å²) >= 11 is 0. The predicted molar refractivity (Wildman–Crippen MR) is 81.5 cm³/mol. The first kappa shape index (κ1) is 14.2. The van der Waals surface area contributed by atoms with E-state index in [1.54, 1.807) is 0 Å². The van der Waals surface area contributed by atoms with Gasteiger partial charge in [-0.15, -0.1) is 0 Å². The van der Waals surface area contributed by atoms with Crippen molar-refractivity contribution in [2.45, 2.75) is 24.9 Å². The van der Waals surface area contributed by atoms with Gasteiger partial charge in [0.2, 0.25) is 0 Å². The van der Waals surface area contributed by atoms with E-state index in [4.69, 9.17) is 0 Å². The summed E-state index contributed by atoms with van der Waals surface area (Å²) in [6.07, 6.45) is 1.00. The van der Waals surface area contributed by atoms with Crippen molar-refractivity contribution in [2.75, 3.05) is 13.2 Å². The average molecular weight is 285 g/mol. The highest BCUT2D eigenvalue weighted by atomic mass is 19.1. The van der Waals surface area contributed by atoms with E-state index in [0.717, 1.165) is 25.1 Å². The van der Waals surface area contributed by atoms with Gasteiger partial charge < -0.3 is 5.11 Å². The molecule has 0 amide bonds. The second-order valence-electron chi connectivity index (χ2n) is 5.65. The minimum Gasteiger partial charge on any atom is -0.395 e. The van der Waals surface area contributed by atoms with E-state index in [9.17, 15) is 9.50 Å². The summed E-state index contributed by atoms with van der Waals surface area (Å²) in [7, 11) is 0. The van der Waals surface area contributed by atoms with E-state index in [1.807, 2.05) is 30.3 Å². The molecule has 0 spiro atoms. The summed E-state index contributed by atoms with van der Waals surface area (Å²) in [4.78, 5) is 2.32. The maximum atomic E-state index is 13.1. The van der Waals surface area contributed by atoms with Gasteiger partial charge in [-0.25, -0.2) is 4.39 Å². The smallest absolute Gasteiger partial charge is 0.123 e. The Balaban J connectivity index is 1.75. The second-order valence-corrected chi connectivity index (χ2v) is 5.65. The van der Waals surface area contributed by atoms with Crippen molar-refractivity contribution < 1.29 is 9.50 Å². The zero-order valence-corrected chi connectivity index (χ0v) is 12.0. The molecule has 2 aromatic carbocycles. The third kappa shape index (κ3) is 3.14. The third-order valence-electron chi connectivity index (χ3n) is 4.37. The molecule has 110 valence electrons. The van der Waals surface area contributed by atoms with Crippen molar-refractivity contribution in [3.8, 4) is 0 Å². The van der Waals surface area contributed by atoms with Gasteiger partial charge >= 0.3 is 0 Å². The Hall–Kier alpha value is -1.71. The zero-order valence-electron chi connectivity index (χ0n) is 12.0. The molecule has 1 fully saturated rings. The summed E-state index contributed by atoms with van der Waals surface area (Å²) < 4.78 is 13.1. The molecular formula is C18H20FNO. The lowest BCUT2D eigenvalue weighted by Gasteiger charge is -2.26. The summed E-state index contributed by atoms with van der Waals surface area (Å²) in [5.74, 6) is 0.0674. The second kappa shape index (κ2) is 6.37. The van der Waals surface area contributed by atoms with Crippen LogP contribution >= 0.6 is 0 Å². The van der Waals surface area contributed by atoms with Gasteiger partial charge in [-0.1, -0.05) is 42.5 Å². The van der Waals surface area contributed by atoms with E-state index in [0.29, 0.717) is 0 Å². The average Bonchev–Trinajstić information content (AvgIpc) is 2.92. The number of hydrogen-bond acceptors (Lipinski definition) is 2. The fraction of sp³-hybridized carbons (Fsp3) is 0.333. The van der Waals surface area contributed by atoms with Crippen LogP contribution in [0, 0.1) is 5.82 Å². The molecule has 1 N–H and O–H groups in total. The molecule has 1 aliphatic rings. The van der Waals surface area contributed by atoms with Crippen molar-refractivity contribution in [1.29, 1.82) is 0 Å². The molecule has 0 aliphatic carbocycles. The minimum absolute atomic E-state index is 0.107. The molecule has 0 aromatic heterocycles. The molecule has 0 bridgehead atoms. The highest BCUT2D eigenvalue weighted by Gasteiger charge is 2.34. The molecule has 0 unspecified atom stereocenters. The summed E-state index contributed by atoms with van der Waals surface area (Å²) in [6, 6.07) is 17.1. The van der Waals surface area contributed by atoms with E-state index in [2.05, 4.69) is 17.0 Å². The van der Waals surface area contributed by atoms with Crippen LogP contribution in [0.3, 0.4) is 0 Å². The predicted octanol–water partition coefficient (Wildman–Crippen LogP) is 3.18. The SMILES string of the molecule is OC[C@H]1[C@H](c2ccc(F)cc2)CCN1Cc1ccccc1. The monoisotopic (exact) mass is 285 g/mol. The largest absolute Gasteiger partial charge is 0.395 e. The maximum absolute atomic E-state index is 13.1. The fourth-order valence-electron chi connectivity index (χ4n) is 3.27. The molecule has 3 heteroatoms. The van der Waals surface area contributed by atoms with E-state index in [1.165, 1.54) is 17.7 Å². The summed E-state index contributed by atoms with van der Waals surface area (Å²) in [5.41, 5.74) is 2.38. The van der Waals surface area contributed by atoms with Crippen molar-refractivity contribution in [2.24, 2.45) is 0 Å². The fourth-order valence-corrected chi connectivity index (χ4v) is 3.27. The Morgan fingerprint density at radius 3 is 2.43 bits per heavy atom. The number of aliphatic hydroxyl groups excluding tert-OH is 1. The molecule has 2 atom stereocenters. The molecule has 1 aliphatic heterocycles. The molecule has 2 aromatic rings. The van der Waals surface area contributed by atoms with Gasteiger partial charge in [0.05, 0.1) is 6.61 Å². The first-order valence-corrected chi connectivity index (χ1v) is 7.42. The Morgan fingerprint density at radius 2 is 1.76 bits per heavy atom. The molecule has 0 saturated carbocycles. The van der Waals surface area contributed by atoms with Crippen LogP contribution in [0.15, 0.2) is 54.6 Å². The normalized spacial score (nSPS) is 22.6. The standard InChI is InChI=1S/C18H20FNO/c19-16-8-6-15(7-9-16)17-10-11-20(18(17)13-21)12-14-4-2-1-3-5-14/h1-9,17-18,21H,10-13H2/t17-,18-/m0/s1. The number of hydrogen-bond donors (Lipinski definition) is 1. The number of nitrogens with zero attached hydrogens (tertiary/aromatic N) is 1. The molecular weight excluding hydrogens is 265 g/mol. The Kier molecular flexibility index (Phi) is 4.32. The highest BCUT2D eigenvalue weighted by Crippen LogP contribution is 2.34. The van der Waals surface area contributed by atoms with Gasteiger partial charge in [0, 0.05) is 18.5 Å². The van der Waals surface area contributed by atoms with Gasteiger partial charge in [-0.3, -0.25) is 4.90 Å². The van der Waals surface area contributed by atoms with Crippen molar-refractivity contribution >= 4 is 0 Å². The van der Waals surface area contributed by atoms with Gasteiger partial charge in [0.1, 0.15) is 5.82 Å². The summed E-state index contributed by atoms with van der Waals surface area (Å²) in [5, 5.41) is 9.79. The van der Waals surface area contributed by atoms with Crippen LogP contribution in [0.2, 0.25) is 0 Å². The number of halogens is 1. The van der Waals surface area contributed by atoms with Crippen LogP contribution in [0.5, 0.6) is 0 Å². The first-order valence-electron chi connectivity index (χ1n) is 7.42. The third-order valence-corrected chi connectivity index (χ3v) is 4.37. The summed E-state index contributed by atoms with van der Waals surface area (Å²) in [6.45, 7) is 1.95. The Bertz CT molecular complexity index is 570. The van der Waals surface area contributed by atoms with Gasteiger partial charge in [0.15, 0.2) is 0 Å². The number of benzene rings is 2. The Labute approximate surface area is 124 Å². The molecule has 3 rings (SSSR count). The van der Waals surface area contributed by atoms with E-state index >= 15 is 0 Å². The van der Waals surface area contributed by atoms with Crippen LogP contribution in [0.4, 0.5) is 4.39 Å². The van der Waals surface area contributed by atoms with Crippen molar-refractivity contribution in [1.82, 2.24) is 4.90 Å². The van der Waals surface area contributed by atoms with Crippen molar-refractivity contribution in [3.05, 3.63) is 71.5 Å². The van der Waals surface area contributed by atoms with Crippen LogP contribution in [0.25, 0.3) is 0 Å². The molecule has 2 nitrogen and oxygen atoms in total. The molecule has 1 heterocycles. The molecule has 0 radical (unpaired) electrons. The molecule has 1 saturated heterocycles.